The minimum absolute atomic E-state index is 0.198. The molecule has 1 aromatic carbocycles. The average Bonchev–Trinajstić information content (AvgIpc) is 2.56. The van der Waals surface area contributed by atoms with Crippen molar-refractivity contribution in [2.75, 3.05) is 20.1 Å². The molecule has 2 unspecified atom stereocenters. The zero-order valence-corrected chi connectivity index (χ0v) is 15.3. The monoisotopic (exact) mass is 336 g/mol. The van der Waals surface area contributed by atoms with Crippen molar-refractivity contribution in [1.82, 2.24) is 10.2 Å². The van der Waals surface area contributed by atoms with E-state index < -0.39 is 0 Å². The lowest BCUT2D eigenvalue weighted by molar-refractivity contribution is -0.133. The van der Waals surface area contributed by atoms with Crippen LogP contribution in [0.1, 0.15) is 38.7 Å². The summed E-state index contributed by atoms with van der Waals surface area (Å²) in [5.74, 6) is 1.41. The highest BCUT2D eigenvalue weighted by Gasteiger charge is 2.24. The first-order valence-electron chi connectivity index (χ1n) is 8.68. The number of hydrogen-bond donors (Lipinski definition) is 1. The predicted octanol–water partition coefficient (Wildman–Crippen LogP) is 3.76. The molecular weight excluding hydrogens is 308 g/mol. The topological polar surface area (TPSA) is 32.3 Å². The van der Waals surface area contributed by atoms with E-state index in [1.807, 2.05) is 36.2 Å². The molecule has 1 amide bonds. The first kappa shape index (κ1) is 18.3. The van der Waals surface area contributed by atoms with Crippen molar-refractivity contribution >= 4 is 17.5 Å². The number of benzene rings is 1. The SMILES string of the molecule is CC(CC(=O)N(C)C(C)Cc1ccc(Cl)cc1)C1CCNCC1. The maximum atomic E-state index is 12.6. The smallest absolute Gasteiger partial charge is 0.222 e. The molecule has 1 heterocycles. The molecule has 1 saturated heterocycles. The molecule has 23 heavy (non-hydrogen) atoms. The fourth-order valence-corrected chi connectivity index (χ4v) is 3.47. The van der Waals surface area contributed by atoms with Gasteiger partial charge in [0.2, 0.25) is 5.91 Å². The second-order valence-electron chi connectivity index (χ2n) is 6.95. The maximum absolute atomic E-state index is 12.6. The van der Waals surface area contributed by atoms with Crippen LogP contribution in [0.5, 0.6) is 0 Å². The molecule has 4 heteroatoms. The zero-order valence-electron chi connectivity index (χ0n) is 14.5. The third-order valence-electron chi connectivity index (χ3n) is 5.18. The number of nitrogens with zero attached hydrogens (tertiary/aromatic N) is 1. The molecule has 2 atom stereocenters. The van der Waals surface area contributed by atoms with Crippen molar-refractivity contribution in [1.29, 1.82) is 0 Å². The van der Waals surface area contributed by atoms with Crippen molar-refractivity contribution < 1.29 is 4.79 Å². The van der Waals surface area contributed by atoms with Gasteiger partial charge in [-0.25, -0.2) is 0 Å². The van der Waals surface area contributed by atoms with Gasteiger partial charge in [0.05, 0.1) is 0 Å². The van der Waals surface area contributed by atoms with Crippen LogP contribution >= 0.6 is 11.6 Å². The molecule has 1 fully saturated rings. The van der Waals surface area contributed by atoms with Gasteiger partial charge in [0, 0.05) is 24.5 Å². The Morgan fingerprint density at radius 3 is 2.48 bits per heavy atom. The second kappa shape index (κ2) is 8.70. The summed E-state index contributed by atoms with van der Waals surface area (Å²) < 4.78 is 0. The lowest BCUT2D eigenvalue weighted by Gasteiger charge is -2.31. The molecule has 1 aliphatic rings. The number of halogens is 1. The Morgan fingerprint density at radius 1 is 1.26 bits per heavy atom. The molecule has 0 bridgehead atoms. The first-order chi connectivity index (χ1) is 11.0. The average molecular weight is 337 g/mol. The Kier molecular flexibility index (Phi) is 6.91. The molecule has 0 radical (unpaired) electrons. The molecule has 0 aliphatic carbocycles. The number of likely N-dealkylation sites (N-methyl/N-ethyl adjacent to an activating group) is 1. The van der Waals surface area contributed by atoms with E-state index in [9.17, 15) is 4.79 Å². The summed E-state index contributed by atoms with van der Waals surface area (Å²) in [5.41, 5.74) is 1.22. The Balaban J connectivity index is 1.84. The molecule has 128 valence electrons. The van der Waals surface area contributed by atoms with Crippen LogP contribution in [0.2, 0.25) is 5.02 Å². The van der Waals surface area contributed by atoms with Crippen LogP contribution < -0.4 is 5.32 Å². The minimum Gasteiger partial charge on any atom is -0.343 e. The summed E-state index contributed by atoms with van der Waals surface area (Å²) >= 11 is 5.92. The third kappa shape index (κ3) is 5.50. The van der Waals surface area contributed by atoms with Crippen LogP contribution in [-0.4, -0.2) is 37.0 Å². The van der Waals surface area contributed by atoms with Gasteiger partial charge in [0.15, 0.2) is 0 Å². The highest BCUT2D eigenvalue weighted by Crippen LogP contribution is 2.25. The first-order valence-corrected chi connectivity index (χ1v) is 9.06. The summed E-state index contributed by atoms with van der Waals surface area (Å²) in [7, 11) is 1.93. The number of nitrogens with one attached hydrogen (secondary N) is 1. The van der Waals surface area contributed by atoms with Gasteiger partial charge in [-0.05, 0) is 68.8 Å². The van der Waals surface area contributed by atoms with E-state index in [1.54, 1.807) is 0 Å². The minimum atomic E-state index is 0.198. The van der Waals surface area contributed by atoms with Crippen molar-refractivity contribution in [3.63, 3.8) is 0 Å². The van der Waals surface area contributed by atoms with E-state index in [2.05, 4.69) is 19.2 Å². The van der Waals surface area contributed by atoms with Gasteiger partial charge in [0.1, 0.15) is 0 Å². The molecule has 0 aromatic heterocycles. The van der Waals surface area contributed by atoms with Crippen molar-refractivity contribution in [2.24, 2.45) is 11.8 Å². The summed E-state index contributed by atoms with van der Waals surface area (Å²) in [5, 5.41) is 4.14. The van der Waals surface area contributed by atoms with Gasteiger partial charge in [-0.3, -0.25) is 4.79 Å². The zero-order chi connectivity index (χ0) is 16.8. The summed E-state index contributed by atoms with van der Waals surface area (Å²) in [4.78, 5) is 14.5. The second-order valence-corrected chi connectivity index (χ2v) is 7.39. The molecule has 1 aliphatic heterocycles. The molecule has 3 nitrogen and oxygen atoms in total. The number of piperidine rings is 1. The number of carbonyl (C=O) groups is 1. The highest BCUT2D eigenvalue weighted by molar-refractivity contribution is 6.30. The summed E-state index contributed by atoms with van der Waals surface area (Å²) in [6.07, 6.45) is 3.91. The summed E-state index contributed by atoms with van der Waals surface area (Å²) in [6, 6.07) is 8.09. The van der Waals surface area contributed by atoms with E-state index in [-0.39, 0.29) is 11.9 Å². The standard InChI is InChI=1S/C19H29ClN2O/c1-14(17-8-10-21-11-9-17)12-19(23)22(3)15(2)13-16-4-6-18(20)7-5-16/h4-7,14-15,17,21H,8-13H2,1-3H3. The van der Waals surface area contributed by atoms with Crippen LogP contribution in [0.15, 0.2) is 24.3 Å². The Morgan fingerprint density at radius 2 is 1.87 bits per heavy atom. The van der Waals surface area contributed by atoms with Crippen molar-refractivity contribution in [2.45, 2.75) is 45.6 Å². The third-order valence-corrected chi connectivity index (χ3v) is 5.44. The van der Waals surface area contributed by atoms with Crippen molar-refractivity contribution in [3.8, 4) is 0 Å². The number of amides is 1. The normalized spacial score (nSPS) is 18.4. The lowest BCUT2D eigenvalue weighted by atomic mass is 9.84. The largest absolute Gasteiger partial charge is 0.343 e. The van der Waals surface area contributed by atoms with E-state index in [0.29, 0.717) is 18.3 Å². The highest BCUT2D eigenvalue weighted by atomic mass is 35.5. The molecule has 1 N–H and O–H groups in total. The van der Waals surface area contributed by atoms with E-state index >= 15 is 0 Å². The summed E-state index contributed by atoms with van der Waals surface area (Å²) in [6.45, 7) is 6.52. The Labute approximate surface area is 145 Å². The molecule has 2 rings (SSSR count). The fourth-order valence-electron chi connectivity index (χ4n) is 3.34. The Hall–Kier alpha value is -1.06. The fraction of sp³-hybridized carbons (Fsp3) is 0.632. The van der Waals surface area contributed by atoms with E-state index in [0.717, 1.165) is 24.5 Å². The predicted molar refractivity (Wildman–Crippen MR) is 96.8 cm³/mol. The number of hydrogen-bond acceptors (Lipinski definition) is 2. The van der Waals surface area contributed by atoms with Crippen LogP contribution in [0.25, 0.3) is 0 Å². The van der Waals surface area contributed by atoms with Gasteiger partial charge in [0.25, 0.3) is 0 Å². The maximum Gasteiger partial charge on any atom is 0.222 e. The molecule has 0 saturated carbocycles. The van der Waals surface area contributed by atoms with E-state index in [4.69, 9.17) is 11.6 Å². The molecular formula is C19H29ClN2O. The van der Waals surface area contributed by atoms with Crippen LogP contribution in [0, 0.1) is 11.8 Å². The van der Waals surface area contributed by atoms with Crippen LogP contribution in [0.4, 0.5) is 0 Å². The van der Waals surface area contributed by atoms with Gasteiger partial charge < -0.3 is 10.2 Å². The Bertz CT molecular complexity index is 497. The van der Waals surface area contributed by atoms with Gasteiger partial charge in [-0.15, -0.1) is 0 Å². The van der Waals surface area contributed by atoms with Crippen molar-refractivity contribution in [3.05, 3.63) is 34.9 Å². The van der Waals surface area contributed by atoms with Gasteiger partial charge >= 0.3 is 0 Å². The lowest BCUT2D eigenvalue weighted by Crippen LogP contribution is -2.38. The van der Waals surface area contributed by atoms with Crippen LogP contribution in [-0.2, 0) is 11.2 Å². The molecule has 0 spiro atoms. The van der Waals surface area contributed by atoms with E-state index in [1.165, 1.54) is 18.4 Å². The number of rotatable bonds is 6. The van der Waals surface area contributed by atoms with Crippen LogP contribution in [0.3, 0.4) is 0 Å². The quantitative estimate of drug-likeness (QED) is 0.858. The molecule has 1 aromatic rings. The van der Waals surface area contributed by atoms with Gasteiger partial charge in [-0.2, -0.15) is 0 Å². The van der Waals surface area contributed by atoms with Gasteiger partial charge in [-0.1, -0.05) is 30.7 Å². The number of carbonyl (C=O) groups excluding carboxylic acids is 1.